The molecule has 1 saturated heterocycles. The van der Waals surface area contributed by atoms with E-state index in [0.717, 1.165) is 25.0 Å². The van der Waals surface area contributed by atoms with Crippen molar-refractivity contribution in [1.29, 1.82) is 0 Å². The van der Waals surface area contributed by atoms with Crippen LogP contribution in [0.25, 0.3) is 0 Å². The van der Waals surface area contributed by atoms with E-state index in [0.29, 0.717) is 6.61 Å². The van der Waals surface area contributed by atoms with Gasteiger partial charge in [-0.3, -0.25) is 4.79 Å². The first-order chi connectivity index (χ1) is 8.59. The van der Waals surface area contributed by atoms with Crippen LogP contribution in [-0.4, -0.2) is 25.2 Å². The average Bonchev–Trinajstić information content (AvgIpc) is 2.86. The summed E-state index contributed by atoms with van der Waals surface area (Å²) in [5.41, 5.74) is -0.508. The molecular formula is C12H12F3NO2. The van der Waals surface area contributed by atoms with Gasteiger partial charge in [0.2, 0.25) is 0 Å². The fourth-order valence-electron chi connectivity index (χ4n) is 1.81. The van der Waals surface area contributed by atoms with Gasteiger partial charge in [0.15, 0.2) is 17.5 Å². The minimum atomic E-state index is -1.64. The highest BCUT2D eigenvalue weighted by atomic mass is 19.2. The van der Waals surface area contributed by atoms with Crippen molar-refractivity contribution in [3.63, 3.8) is 0 Å². The molecule has 0 aromatic heterocycles. The van der Waals surface area contributed by atoms with E-state index in [4.69, 9.17) is 4.74 Å². The molecule has 1 atom stereocenters. The normalized spacial score (nSPS) is 18.9. The highest BCUT2D eigenvalue weighted by Crippen LogP contribution is 2.15. The summed E-state index contributed by atoms with van der Waals surface area (Å²) in [4.78, 5) is 11.6. The Morgan fingerprint density at radius 2 is 2.11 bits per heavy atom. The van der Waals surface area contributed by atoms with Crippen LogP contribution in [0.3, 0.4) is 0 Å². The quantitative estimate of drug-likeness (QED) is 0.843. The third-order valence-corrected chi connectivity index (χ3v) is 2.79. The first-order valence-electron chi connectivity index (χ1n) is 5.63. The Balaban J connectivity index is 2.02. The van der Waals surface area contributed by atoms with Crippen molar-refractivity contribution >= 4 is 5.91 Å². The number of amides is 1. The molecule has 1 aliphatic heterocycles. The van der Waals surface area contributed by atoms with Gasteiger partial charge in [-0.05, 0) is 25.0 Å². The van der Waals surface area contributed by atoms with Crippen LogP contribution in [0.15, 0.2) is 12.1 Å². The largest absolute Gasteiger partial charge is 0.376 e. The number of rotatable bonds is 3. The third-order valence-electron chi connectivity index (χ3n) is 2.79. The van der Waals surface area contributed by atoms with E-state index in [1.165, 1.54) is 0 Å². The number of carbonyl (C=O) groups excluding carboxylic acids is 1. The van der Waals surface area contributed by atoms with Gasteiger partial charge in [-0.2, -0.15) is 0 Å². The van der Waals surface area contributed by atoms with Crippen LogP contribution in [0.1, 0.15) is 23.2 Å². The van der Waals surface area contributed by atoms with Crippen molar-refractivity contribution in [2.75, 3.05) is 13.2 Å². The number of nitrogens with one attached hydrogen (secondary N) is 1. The number of halogens is 3. The lowest BCUT2D eigenvalue weighted by molar-refractivity contribution is 0.0853. The van der Waals surface area contributed by atoms with E-state index in [2.05, 4.69) is 5.32 Å². The van der Waals surface area contributed by atoms with Crippen molar-refractivity contribution in [2.24, 2.45) is 0 Å². The zero-order valence-corrected chi connectivity index (χ0v) is 9.51. The zero-order valence-electron chi connectivity index (χ0n) is 9.51. The Kier molecular flexibility index (Phi) is 3.86. The van der Waals surface area contributed by atoms with E-state index >= 15 is 0 Å². The summed E-state index contributed by atoms with van der Waals surface area (Å²) >= 11 is 0. The molecule has 1 aromatic carbocycles. The second-order valence-electron chi connectivity index (χ2n) is 4.07. The van der Waals surface area contributed by atoms with Crippen molar-refractivity contribution in [3.05, 3.63) is 35.1 Å². The maximum absolute atomic E-state index is 13.3. The van der Waals surface area contributed by atoms with Gasteiger partial charge in [0.1, 0.15) is 0 Å². The summed E-state index contributed by atoms with van der Waals surface area (Å²) in [7, 11) is 0. The summed E-state index contributed by atoms with van der Waals surface area (Å²) in [6.07, 6.45) is 1.64. The molecule has 1 heterocycles. The minimum absolute atomic E-state index is 0.0951. The van der Waals surface area contributed by atoms with Crippen LogP contribution in [-0.2, 0) is 4.74 Å². The van der Waals surface area contributed by atoms with Gasteiger partial charge >= 0.3 is 0 Å². The summed E-state index contributed by atoms with van der Waals surface area (Å²) in [6, 6.07) is 1.64. The van der Waals surface area contributed by atoms with Gasteiger partial charge in [-0.25, -0.2) is 13.2 Å². The Bertz CT molecular complexity index is 459. The van der Waals surface area contributed by atoms with Gasteiger partial charge < -0.3 is 10.1 Å². The van der Waals surface area contributed by atoms with E-state index in [-0.39, 0.29) is 12.6 Å². The Morgan fingerprint density at radius 1 is 1.33 bits per heavy atom. The summed E-state index contributed by atoms with van der Waals surface area (Å²) in [6.45, 7) is 0.872. The van der Waals surface area contributed by atoms with Gasteiger partial charge in [-0.15, -0.1) is 0 Å². The van der Waals surface area contributed by atoms with E-state index < -0.39 is 28.9 Å². The van der Waals surface area contributed by atoms with Gasteiger partial charge in [0.05, 0.1) is 11.7 Å². The Morgan fingerprint density at radius 3 is 2.78 bits per heavy atom. The number of hydrogen-bond acceptors (Lipinski definition) is 2. The van der Waals surface area contributed by atoms with Crippen LogP contribution in [0.2, 0.25) is 0 Å². The SMILES string of the molecule is O=C(NC[C@H]1CCCO1)c1ccc(F)c(F)c1F. The molecular weight excluding hydrogens is 247 g/mol. The third kappa shape index (κ3) is 2.64. The van der Waals surface area contributed by atoms with Crippen molar-refractivity contribution in [1.82, 2.24) is 5.32 Å². The maximum Gasteiger partial charge on any atom is 0.254 e. The lowest BCUT2D eigenvalue weighted by atomic mass is 10.1. The Hall–Kier alpha value is -1.56. The van der Waals surface area contributed by atoms with Crippen molar-refractivity contribution in [2.45, 2.75) is 18.9 Å². The maximum atomic E-state index is 13.3. The number of carbonyl (C=O) groups is 1. The number of hydrogen-bond donors (Lipinski definition) is 1. The fraction of sp³-hybridized carbons (Fsp3) is 0.417. The minimum Gasteiger partial charge on any atom is -0.376 e. The van der Waals surface area contributed by atoms with Gasteiger partial charge in [-0.1, -0.05) is 0 Å². The smallest absolute Gasteiger partial charge is 0.254 e. The highest BCUT2D eigenvalue weighted by molar-refractivity contribution is 5.94. The van der Waals surface area contributed by atoms with E-state index in [9.17, 15) is 18.0 Å². The summed E-state index contributed by atoms with van der Waals surface area (Å²) in [5, 5.41) is 2.44. The lowest BCUT2D eigenvalue weighted by Gasteiger charge is -2.11. The second kappa shape index (κ2) is 5.39. The number of ether oxygens (including phenoxy) is 1. The fourth-order valence-corrected chi connectivity index (χ4v) is 1.81. The highest BCUT2D eigenvalue weighted by Gasteiger charge is 2.21. The van der Waals surface area contributed by atoms with Gasteiger partial charge in [0, 0.05) is 13.2 Å². The average molecular weight is 259 g/mol. The second-order valence-corrected chi connectivity index (χ2v) is 4.07. The molecule has 0 bridgehead atoms. The molecule has 98 valence electrons. The Labute approximate surface area is 102 Å². The first kappa shape index (κ1) is 12.9. The van der Waals surface area contributed by atoms with Crippen LogP contribution in [0.4, 0.5) is 13.2 Å². The monoisotopic (exact) mass is 259 g/mol. The lowest BCUT2D eigenvalue weighted by Crippen LogP contribution is -2.32. The summed E-state index contributed by atoms with van der Waals surface area (Å²) < 4.78 is 44.2. The molecule has 1 aromatic rings. The molecule has 1 fully saturated rings. The standard InChI is InChI=1S/C12H12F3NO2/c13-9-4-3-8(10(14)11(9)15)12(17)16-6-7-2-1-5-18-7/h3-4,7H,1-2,5-6H2,(H,16,17)/t7-/m1/s1. The van der Waals surface area contributed by atoms with Gasteiger partial charge in [0.25, 0.3) is 5.91 Å². The molecule has 0 unspecified atom stereocenters. The molecule has 0 saturated carbocycles. The summed E-state index contributed by atoms with van der Waals surface area (Å²) in [5.74, 6) is -5.20. The van der Waals surface area contributed by atoms with E-state index in [1.807, 2.05) is 0 Å². The predicted molar refractivity (Wildman–Crippen MR) is 57.6 cm³/mol. The van der Waals surface area contributed by atoms with Crippen molar-refractivity contribution < 1.29 is 22.7 Å². The van der Waals surface area contributed by atoms with Crippen LogP contribution < -0.4 is 5.32 Å². The molecule has 6 heteroatoms. The molecule has 18 heavy (non-hydrogen) atoms. The topological polar surface area (TPSA) is 38.3 Å². The molecule has 0 aliphatic carbocycles. The molecule has 1 amide bonds. The van der Waals surface area contributed by atoms with Crippen LogP contribution in [0, 0.1) is 17.5 Å². The molecule has 1 aliphatic rings. The van der Waals surface area contributed by atoms with E-state index in [1.54, 1.807) is 0 Å². The van der Waals surface area contributed by atoms with Crippen molar-refractivity contribution in [3.8, 4) is 0 Å². The number of benzene rings is 1. The van der Waals surface area contributed by atoms with Crippen LogP contribution >= 0.6 is 0 Å². The predicted octanol–water partition coefficient (Wildman–Crippen LogP) is 2.01. The molecule has 0 spiro atoms. The molecule has 2 rings (SSSR count). The molecule has 1 N–H and O–H groups in total. The molecule has 3 nitrogen and oxygen atoms in total. The van der Waals surface area contributed by atoms with Crippen LogP contribution in [0.5, 0.6) is 0 Å². The molecule has 0 radical (unpaired) electrons. The first-order valence-corrected chi connectivity index (χ1v) is 5.63. The zero-order chi connectivity index (χ0) is 13.1.